The highest BCUT2D eigenvalue weighted by Gasteiger charge is 2.34. The molecular weight excluding hydrogens is 348 g/mol. The first-order chi connectivity index (χ1) is 13.7. The molecule has 2 fully saturated rings. The minimum Gasteiger partial charge on any atom is -0.357 e. The Bertz CT molecular complexity index is 779. The highest BCUT2D eigenvalue weighted by molar-refractivity contribution is 5.79. The molecule has 1 aliphatic heterocycles. The van der Waals surface area contributed by atoms with Crippen LogP contribution in [0.15, 0.2) is 41.5 Å². The molecule has 2 heterocycles. The number of likely N-dealkylation sites (tertiary alicyclic amines) is 1. The Morgan fingerprint density at radius 1 is 1.29 bits per heavy atom. The molecule has 1 aliphatic carbocycles. The van der Waals surface area contributed by atoms with Crippen LogP contribution in [0.3, 0.4) is 0 Å². The zero-order valence-electron chi connectivity index (χ0n) is 17.1. The van der Waals surface area contributed by atoms with Crippen LogP contribution in [0.4, 0.5) is 0 Å². The van der Waals surface area contributed by atoms with Gasteiger partial charge in [-0.2, -0.15) is 0 Å². The average Bonchev–Trinajstić information content (AvgIpc) is 3.28. The number of guanidine groups is 1. The van der Waals surface area contributed by atoms with Crippen molar-refractivity contribution in [1.29, 1.82) is 0 Å². The molecule has 1 aromatic carbocycles. The third kappa shape index (κ3) is 4.73. The molecular formula is C22H32N6. The fraction of sp³-hybridized carbons (Fsp3) is 0.545. The fourth-order valence-electron chi connectivity index (χ4n) is 3.97. The van der Waals surface area contributed by atoms with Crippen molar-refractivity contribution in [2.45, 2.75) is 38.8 Å². The van der Waals surface area contributed by atoms with E-state index in [1.807, 2.05) is 24.4 Å². The van der Waals surface area contributed by atoms with Gasteiger partial charge in [0.1, 0.15) is 5.82 Å². The number of hydrogen-bond acceptors (Lipinski definition) is 3. The topological polar surface area (TPSA) is 59.6 Å². The summed E-state index contributed by atoms with van der Waals surface area (Å²) in [6.45, 7) is 7.08. The molecule has 0 spiro atoms. The van der Waals surface area contributed by atoms with Crippen molar-refractivity contribution >= 4 is 5.96 Å². The van der Waals surface area contributed by atoms with Crippen LogP contribution in [-0.2, 0) is 6.54 Å². The molecule has 2 N–H and O–H groups in total. The summed E-state index contributed by atoms with van der Waals surface area (Å²) in [6.07, 6.45) is 5.99. The first-order valence-electron chi connectivity index (χ1n) is 10.6. The summed E-state index contributed by atoms with van der Waals surface area (Å²) in [6, 6.07) is 11.2. The monoisotopic (exact) mass is 380 g/mol. The number of nitrogens with one attached hydrogen (secondary N) is 2. The van der Waals surface area contributed by atoms with Crippen molar-refractivity contribution in [2.24, 2.45) is 10.9 Å². The standard InChI is InChI=1S/C22H32N6/c1-3-23-22(25-13-17-11-12-28(15-17)19-9-10-19)27(2)16-21-24-14-20(26-21)18-7-5-4-6-8-18/h4-8,14,17,19H,3,9-13,15-16H2,1-2H3,(H,23,25)(H,24,26). The van der Waals surface area contributed by atoms with E-state index >= 15 is 0 Å². The summed E-state index contributed by atoms with van der Waals surface area (Å²) in [4.78, 5) is 17.7. The Morgan fingerprint density at radius 2 is 2.11 bits per heavy atom. The Morgan fingerprint density at radius 3 is 2.86 bits per heavy atom. The minimum absolute atomic E-state index is 0.691. The van der Waals surface area contributed by atoms with Gasteiger partial charge in [0.25, 0.3) is 0 Å². The van der Waals surface area contributed by atoms with Gasteiger partial charge in [-0.15, -0.1) is 0 Å². The van der Waals surface area contributed by atoms with Gasteiger partial charge in [-0.05, 0) is 44.2 Å². The fourth-order valence-corrected chi connectivity index (χ4v) is 3.97. The number of H-pyrrole nitrogens is 1. The summed E-state index contributed by atoms with van der Waals surface area (Å²) in [7, 11) is 2.08. The molecule has 6 nitrogen and oxygen atoms in total. The van der Waals surface area contributed by atoms with Crippen LogP contribution in [0.2, 0.25) is 0 Å². The maximum absolute atomic E-state index is 4.93. The largest absolute Gasteiger partial charge is 0.357 e. The van der Waals surface area contributed by atoms with E-state index in [2.05, 4.69) is 51.2 Å². The van der Waals surface area contributed by atoms with Gasteiger partial charge >= 0.3 is 0 Å². The molecule has 2 aromatic rings. The summed E-state index contributed by atoms with van der Waals surface area (Å²) in [5.74, 6) is 2.61. The molecule has 0 amide bonds. The van der Waals surface area contributed by atoms with Gasteiger partial charge in [-0.25, -0.2) is 4.98 Å². The van der Waals surface area contributed by atoms with E-state index < -0.39 is 0 Å². The van der Waals surface area contributed by atoms with Crippen LogP contribution in [0.1, 0.15) is 32.0 Å². The number of nitrogens with zero attached hydrogens (tertiary/aromatic N) is 4. The van der Waals surface area contributed by atoms with E-state index in [-0.39, 0.29) is 0 Å². The van der Waals surface area contributed by atoms with Crippen molar-refractivity contribution in [2.75, 3.05) is 33.2 Å². The third-order valence-electron chi connectivity index (χ3n) is 5.68. The zero-order valence-corrected chi connectivity index (χ0v) is 17.1. The zero-order chi connectivity index (χ0) is 19.3. The molecule has 4 rings (SSSR count). The number of aromatic nitrogens is 2. The minimum atomic E-state index is 0.691. The average molecular weight is 381 g/mol. The molecule has 2 aliphatic rings. The number of aromatic amines is 1. The van der Waals surface area contributed by atoms with Gasteiger partial charge in [0, 0.05) is 32.7 Å². The van der Waals surface area contributed by atoms with Crippen molar-refractivity contribution in [3.05, 3.63) is 42.4 Å². The lowest BCUT2D eigenvalue weighted by Gasteiger charge is -2.21. The Labute approximate surface area is 168 Å². The van der Waals surface area contributed by atoms with Crippen molar-refractivity contribution in [3.63, 3.8) is 0 Å². The quantitative estimate of drug-likeness (QED) is 0.573. The number of rotatable bonds is 7. The second-order valence-electron chi connectivity index (χ2n) is 8.04. The van der Waals surface area contributed by atoms with Gasteiger partial charge in [0.05, 0.1) is 18.4 Å². The predicted molar refractivity (Wildman–Crippen MR) is 114 cm³/mol. The first kappa shape index (κ1) is 19.0. The Hall–Kier alpha value is -2.34. The van der Waals surface area contributed by atoms with Crippen LogP contribution >= 0.6 is 0 Å². The molecule has 1 unspecified atom stereocenters. The molecule has 1 saturated carbocycles. The van der Waals surface area contributed by atoms with E-state index in [1.165, 1.54) is 32.4 Å². The first-order valence-corrected chi connectivity index (χ1v) is 10.6. The van der Waals surface area contributed by atoms with Crippen molar-refractivity contribution < 1.29 is 0 Å². The molecule has 0 bridgehead atoms. The van der Waals surface area contributed by atoms with Crippen LogP contribution < -0.4 is 5.32 Å². The van der Waals surface area contributed by atoms with E-state index in [4.69, 9.17) is 4.99 Å². The van der Waals surface area contributed by atoms with E-state index in [0.29, 0.717) is 12.5 Å². The van der Waals surface area contributed by atoms with E-state index in [1.54, 1.807) is 0 Å². The maximum Gasteiger partial charge on any atom is 0.194 e. The number of benzene rings is 1. The lowest BCUT2D eigenvalue weighted by atomic mass is 10.1. The molecule has 0 radical (unpaired) electrons. The molecule has 1 saturated heterocycles. The van der Waals surface area contributed by atoms with E-state index in [9.17, 15) is 0 Å². The SMILES string of the molecule is CCNC(=NCC1CCN(C2CC2)C1)N(C)Cc1ncc(-c2ccccc2)[nH]1. The number of imidazole rings is 1. The maximum atomic E-state index is 4.93. The van der Waals surface area contributed by atoms with Gasteiger partial charge < -0.3 is 20.1 Å². The summed E-state index contributed by atoms with van der Waals surface area (Å²) < 4.78 is 0. The third-order valence-corrected chi connectivity index (χ3v) is 5.68. The number of hydrogen-bond donors (Lipinski definition) is 2. The summed E-state index contributed by atoms with van der Waals surface area (Å²) in [5.41, 5.74) is 2.21. The van der Waals surface area contributed by atoms with Crippen molar-refractivity contribution in [1.82, 2.24) is 25.1 Å². The predicted octanol–water partition coefficient (Wildman–Crippen LogP) is 2.96. The van der Waals surface area contributed by atoms with Crippen LogP contribution in [0.5, 0.6) is 0 Å². The second kappa shape index (κ2) is 8.78. The van der Waals surface area contributed by atoms with Crippen LogP contribution in [0.25, 0.3) is 11.3 Å². The molecule has 1 atom stereocenters. The molecule has 1 aromatic heterocycles. The van der Waals surface area contributed by atoms with Gasteiger partial charge in [0.2, 0.25) is 0 Å². The highest BCUT2D eigenvalue weighted by Crippen LogP contribution is 2.31. The van der Waals surface area contributed by atoms with Crippen LogP contribution in [-0.4, -0.2) is 65.0 Å². The molecule has 6 heteroatoms. The van der Waals surface area contributed by atoms with Gasteiger partial charge in [-0.3, -0.25) is 4.99 Å². The molecule has 150 valence electrons. The lowest BCUT2D eigenvalue weighted by molar-refractivity contribution is 0.315. The van der Waals surface area contributed by atoms with Gasteiger partial charge in [-0.1, -0.05) is 30.3 Å². The molecule has 28 heavy (non-hydrogen) atoms. The summed E-state index contributed by atoms with van der Waals surface area (Å²) >= 11 is 0. The van der Waals surface area contributed by atoms with Crippen molar-refractivity contribution in [3.8, 4) is 11.3 Å². The van der Waals surface area contributed by atoms with Gasteiger partial charge in [0.15, 0.2) is 5.96 Å². The number of aliphatic imine (C=N–C) groups is 1. The normalized spacial score (nSPS) is 20.5. The Kier molecular flexibility index (Phi) is 5.95. The smallest absolute Gasteiger partial charge is 0.194 e. The van der Waals surface area contributed by atoms with Crippen LogP contribution in [0, 0.1) is 5.92 Å². The summed E-state index contributed by atoms with van der Waals surface area (Å²) in [5, 5.41) is 3.43. The Balaban J connectivity index is 1.35. The van der Waals surface area contributed by atoms with E-state index in [0.717, 1.165) is 42.2 Å². The lowest BCUT2D eigenvalue weighted by Crippen LogP contribution is -2.39. The highest BCUT2D eigenvalue weighted by atomic mass is 15.3. The second-order valence-corrected chi connectivity index (χ2v) is 8.04.